The summed E-state index contributed by atoms with van der Waals surface area (Å²) in [7, 11) is 0. The molecule has 0 saturated heterocycles. The molecule has 1 aromatic rings. The van der Waals surface area contributed by atoms with E-state index in [9.17, 15) is 9.65 Å². The third-order valence-electron chi connectivity index (χ3n) is 3.47. The maximum Gasteiger partial charge on any atom is 0.205 e. The fourth-order valence-corrected chi connectivity index (χ4v) is 2.85. The van der Waals surface area contributed by atoms with Crippen LogP contribution < -0.4 is 5.32 Å². The van der Waals surface area contributed by atoms with Crippen molar-refractivity contribution in [1.29, 1.82) is 10.7 Å². The van der Waals surface area contributed by atoms with E-state index in [2.05, 4.69) is 5.32 Å². The minimum Gasteiger partial charge on any atom is -0.353 e. The minimum atomic E-state index is -0.575. The van der Waals surface area contributed by atoms with Crippen molar-refractivity contribution >= 4 is 17.6 Å². The monoisotopic (exact) mass is 294 g/mol. The molecule has 0 bridgehead atoms. The SMILES string of the molecule is N#CN(C(=N)NCCF)C1CCCc2c(Cl)cccc21. The summed E-state index contributed by atoms with van der Waals surface area (Å²) in [5.41, 5.74) is 2.03. The van der Waals surface area contributed by atoms with Gasteiger partial charge in [0.1, 0.15) is 6.67 Å². The van der Waals surface area contributed by atoms with Crippen molar-refractivity contribution in [3.05, 3.63) is 34.3 Å². The summed E-state index contributed by atoms with van der Waals surface area (Å²) in [5.74, 6) is -0.0667. The van der Waals surface area contributed by atoms with E-state index in [0.29, 0.717) is 5.02 Å². The van der Waals surface area contributed by atoms with Gasteiger partial charge in [-0.2, -0.15) is 5.26 Å². The molecule has 1 unspecified atom stereocenters. The summed E-state index contributed by atoms with van der Waals surface area (Å²) in [5, 5.41) is 20.5. The van der Waals surface area contributed by atoms with Crippen LogP contribution in [0.25, 0.3) is 0 Å². The van der Waals surface area contributed by atoms with Gasteiger partial charge in [0, 0.05) is 11.6 Å². The molecule has 1 aliphatic rings. The lowest BCUT2D eigenvalue weighted by Gasteiger charge is -2.32. The fraction of sp³-hybridized carbons (Fsp3) is 0.429. The average molecular weight is 295 g/mol. The van der Waals surface area contributed by atoms with Crippen molar-refractivity contribution in [3.63, 3.8) is 0 Å². The van der Waals surface area contributed by atoms with E-state index in [-0.39, 0.29) is 18.5 Å². The fourth-order valence-electron chi connectivity index (χ4n) is 2.57. The van der Waals surface area contributed by atoms with E-state index in [4.69, 9.17) is 17.0 Å². The van der Waals surface area contributed by atoms with Crippen LogP contribution >= 0.6 is 11.6 Å². The second kappa shape index (κ2) is 6.58. The lowest BCUT2D eigenvalue weighted by Crippen LogP contribution is -2.41. The second-order valence-corrected chi connectivity index (χ2v) is 5.06. The molecule has 2 N–H and O–H groups in total. The van der Waals surface area contributed by atoms with E-state index >= 15 is 0 Å². The first-order valence-corrected chi connectivity index (χ1v) is 6.91. The summed E-state index contributed by atoms with van der Waals surface area (Å²) in [6, 6.07) is 5.43. The van der Waals surface area contributed by atoms with Gasteiger partial charge in [-0.15, -0.1) is 0 Å². The molecule has 2 rings (SSSR count). The quantitative estimate of drug-likeness (QED) is 0.390. The number of alkyl halides is 1. The van der Waals surface area contributed by atoms with E-state index in [1.807, 2.05) is 24.4 Å². The Morgan fingerprint density at radius 2 is 2.40 bits per heavy atom. The zero-order valence-electron chi connectivity index (χ0n) is 11.0. The molecule has 0 radical (unpaired) electrons. The summed E-state index contributed by atoms with van der Waals surface area (Å²) in [4.78, 5) is 1.30. The lowest BCUT2D eigenvalue weighted by atomic mass is 9.87. The van der Waals surface area contributed by atoms with E-state index in [0.717, 1.165) is 30.4 Å². The average Bonchev–Trinajstić information content (AvgIpc) is 2.47. The lowest BCUT2D eigenvalue weighted by molar-refractivity contribution is 0.358. The van der Waals surface area contributed by atoms with Gasteiger partial charge in [0.15, 0.2) is 6.19 Å². The molecule has 6 heteroatoms. The number of benzene rings is 1. The van der Waals surface area contributed by atoms with Crippen LogP contribution in [0.3, 0.4) is 0 Å². The number of nitrogens with one attached hydrogen (secondary N) is 2. The Balaban J connectivity index is 2.27. The summed E-state index contributed by atoms with van der Waals surface area (Å²) in [6.07, 6.45) is 4.60. The van der Waals surface area contributed by atoms with Crippen LogP contribution in [-0.2, 0) is 6.42 Å². The molecular weight excluding hydrogens is 279 g/mol. The first kappa shape index (κ1) is 14.6. The zero-order valence-corrected chi connectivity index (χ0v) is 11.8. The highest BCUT2D eigenvalue weighted by atomic mass is 35.5. The van der Waals surface area contributed by atoms with Crippen LogP contribution in [0.5, 0.6) is 0 Å². The summed E-state index contributed by atoms with van der Waals surface area (Å²) >= 11 is 6.20. The van der Waals surface area contributed by atoms with Gasteiger partial charge in [0.05, 0.1) is 6.04 Å². The van der Waals surface area contributed by atoms with Crippen molar-refractivity contribution in [2.75, 3.05) is 13.2 Å². The molecule has 0 spiro atoms. The molecule has 0 heterocycles. The normalized spacial score (nSPS) is 16.9. The molecule has 0 fully saturated rings. The van der Waals surface area contributed by atoms with Gasteiger partial charge in [0.2, 0.25) is 5.96 Å². The highest BCUT2D eigenvalue weighted by Gasteiger charge is 2.28. The number of fused-ring (bicyclic) bond motifs is 1. The van der Waals surface area contributed by atoms with Gasteiger partial charge in [-0.1, -0.05) is 23.7 Å². The molecule has 1 aromatic carbocycles. The van der Waals surface area contributed by atoms with Crippen molar-refractivity contribution in [3.8, 4) is 6.19 Å². The minimum absolute atomic E-state index is 0.0339. The van der Waals surface area contributed by atoms with Crippen molar-refractivity contribution in [2.45, 2.75) is 25.3 Å². The Morgan fingerprint density at radius 3 is 3.10 bits per heavy atom. The van der Waals surface area contributed by atoms with Crippen LogP contribution in [0, 0.1) is 16.9 Å². The smallest absolute Gasteiger partial charge is 0.205 e. The summed E-state index contributed by atoms with van der Waals surface area (Å²) < 4.78 is 12.2. The molecular formula is C14H16ClFN4. The van der Waals surface area contributed by atoms with Crippen LogP contribution in [0.1, 0.15) is 30.0 Å². The molecule has 20 heavy (non-hydrogen) atoms. The van der Waals surface area contributed by atoms with E-state index < -0.39 is 6.67 Å². The van der Waals surface area contributed by atoms with Crippen molar-refractivity contribution < 1.29 is 4.39 Å². The highest BCUT2D eigenvalue weighted by molar-refractivity contribution is 6.31. The van der Waals surface area contributed by atoms with E-state index in [1.165, 1.54) is 4.90 Å². The Bertz CT molecular complexity index is 540. The van der Waals surface area contributed by atoms with Crippen molar-refractivity contribution in [1.82, 2.24) is 10.2 Å². The molecule has 4 nitrogen and oxygen atoms in total. The molecule has 0 saturated carbocycles. The number of halogens is 2. The number of guanidine groups is 1. The van der Waals surface area contributed by atoms with Crippen LogP contribution in [-0.4, -0.2) is 24.1 Å². The van der Waals surface area contributed by atoms with Crippen LogP contribution in [0.4, 0.5) is 4.39 Å². The summed E-state index contributed by atoms with van der Waals surface area (Å²) in [6.45, 7) is -0.541. The van der Waals surface area contributed by atoms with Gasteiger partial charge in [-0.3, -0.25) is 5.41 Å². The highest BCUT2D eigenvalue weighted by Crippen LogP contribution is 2.37. The molecule has 0 amide bonds. The Labute approximate surface area is 122 Å². The predicted molar refractivity (Wildman–Crippen MR) is 76.3 cm³/mol. The largest absolute Gasteiger partial charge is 0.353 e. The third kappa shape index (κ3) is 2.86. The number of rotatable bonds is 3. The Hall–Kier alpha value is -1.80. The molecule has 0 aliphatic heterocycles. The number of nitriles is 1. The van der Waals surface area contributed by atoms with Crippen LogP contribution in [0.15, 0.2) is 18.2 Å². The van der Waals surface area contributed by atoms with Gasteiger partial charge in [0.25, 0.3) is 0 Å². The number of hydrogen-bond donors (Lipinski definition) is 2. The Morgan fingerprint density at radius 1 is 1.60 bits per heavy atom. The number of nitrogens with zero attached hydrogens (tertiary/aromatic N) is 2. The second-order valence-electron chi connectivity index (χ2n) is 4.65. The van der Waals surface area contributed by atoms with Crippen LogP contribution in [0.2, 0.25) is 5.02 Å². The maximum atomic E-state index is 12.2. The first-order chi connectivity index (χ1) is 9.69. The standard InChI is InChI=1S/C14H16ClFN4/c15-12-5-1-4-11-10(12)3-2-6-13(11)20(9-17)14(18)19-8-7-16/h1,4-5,13H,2-3,6-8H2,(H2,18,19). The maximum absolute atomic E-state index is 12.2. The predicted octanol–water partition coefficient (Wildman–Crippen LogP) is 2.99. The van der Waals surface area contributed by atoms with Gasteiger partial charge in [-0.25, -0.2) is 9.29 Å². The molecule has 106 valence electrons. The third-order valence-corrected chi connectivity index (χ3v) is 3.82. The molecule has 0 aromatic heterocycles. The first-order valence-electron chi connectivity index (χ1n) is 6.53. The van der Waals surface area contributed by atoms with Gasteiger partial charge < -0.3 is 5.32 Å². The zero-order chi connectivity index (χ0) is 14.5. The molecule has 1 aliphatic carbocycles. The van der Waals surface area contributed by atoms with Crippen molar-refractivity contribution in [2.24, 2.45) is 0 Å². The van der Waals surface area contributed by atoms with Gasteiger partial charge in [-0.05, 0) is 36.5 Å². The Kier molecular flexibility index (Phi) is 4.80. The number of hydrogen-bond acceptors (Lipinski definition) is 2. The molecule has 1 atom stereocenters. The van der Waals surface area contributed by atoms with Gasteiger partial charge >= 0.3 is 0 Å². The van der Waals surface area contributed by atoms with E-state index in [1.54, 1.807) is 0 Å². The topological polar surface area (TPSA) is 62.9 Å².